The number of fused-ring (bicyclic) bond motifs is 1. The first-order valence-electron chi connectivity index (χ1n) is 8.45. The van der Waals surface area contributed by atoms with Gasteiger partial charge in [0.2, 0.25) is 0 Å². The molecule has 0 spiro atoms. The summed E-state index contributed by atoms with van der Waals surface area (Å²) in [5.74, 6) is 1.23. The SMILES string of the molecule is CCn1c(C)nc2cc(C(F)(F)F)c(Cl)c(N=CCCCC(C)C)c21. The third-order valence-corrected chi connectivity index (χ3v) is 4.47. The lowest BCUT2D eigenvalue weighted by Crippen LogP contribution is -2.06. The fraction of sp³-hybridized carbons (Fsp3) is 0.556. The van der Waals surface area contributed by atoms with Crippen molar-refractivity contribution in [2.45, 2.75) is 59.7 Å². The molecule has 0 N–H and O–H groups in total. The van der Waals surface area contributed by atoms with Crippen LogP contribution in [0, 0.1) is 12.8 Å². The molecule has 0 unspecified atom stereocenters. The zero-order valence-electron chi connectivity index (χ0n) is 14.9. The van der Waals surface area contributed by atoms with Gasteiger partial charge >= 0.3 is 6.18 Å². The molecular weight excluding hydrogens is 351 g/mol. The van der Waals surface area contributed by atoms with E-state index in [9.17, 15) is 13.2 Å². The van der Waals surface area contributed by atoms with Crippen LogP contribution in [0.4, 0.5) is 18.9 Å². The van der Waals surface area contributed by atoms with E-state index in [0.717, 1.165) is 18.9 Å². The first kappa shape index (κ1) is 19.8. The molecule has 0 bridgehead atoms. The standard InChI is InChI=1S/C18H23ClF3N3/c1-5-25-12(4)24-14-10-13(18(20,21)22)15(19)16(17(14)25)23-9-7-6-8-11(2)3/h9-11H,5-8H2,1-4H3. The maximum atomic E-state index is 13.3. The third-order valence-electron chi connectivity index (χ3n) is 4.09. The fourth-order valence-electron chi connectivity index (χ4n) is 2.85. The Balaban J connectivity index is 2.54. The number of unbranched alkanes of at least 4 members (excludes halogenated alkanes) is 1. The topological polar surface area (TPSA) is 30.2 Å². The number of rotatable bonds is 6. The molecule has 0 saturated carbocycles. The number of hydrogen-bond acceptors (Lipinski definition) is 2. The minimum absolute atomic E-state index is 0.151. The fourth-order valence-corrected chi connectivity index (χ4v) is 3.15. The Kier molecular flexibility index (Phi) is 6.14. The summed E-state index contributed by atoms with van der Waals surface area (Å²) in [5.41, 5.74) is 0.0822. The first-order chi connectivity index (χ1) is 11.7. The van der Waals surface area contributed by atoms with Gasteiger partial charge in [-0.1, -0.05) is 31.9 Å². The van der Waals surface area contributed by atoms with Gasteiger partial charge in [-0.15, -0.1) is 0 Å². The van der Waals surface area contributed by atoms with E-state index < -0.39 is 11.7 Å². The molecule has 0 aliphatic heterocycles. The number of nitrogens with zero attached hydrogens (tertiary/aromatic N) is 3. The van der Waals surface area contributed by atoms with Crippen LogP contribution < -0.4 is 0 Å². The summed E-state index contributed by atoms with van der Waals surface area (Å²) in [6, 6.07) is 1.01. The van der Waals surface area contributed by atoms with E-state index in [1.54, 1.807) is 13.1 Å². The van der Waals surface area contributed by atoms with E-state index in [0.29, 0.717) is 30.2 Å². The van der Waals surface area contributed by atoms with Gasteiger partial charge in [0.1, 0.15) is 11.5 Å². The molecule has 0 radical (unpaired) electrons. The molecule has 0 amide bonds. The number of aryl methyl sites for hydroxylation is 2. The van der Waals surface area contributed by atoms with Crippen molar-refractivity contribution < 1.29 is 13.2 Å². The van der Waals surface area contributed by atoms with E-state index in [1.165, 1.54) is 0 Å². The van der Waals surface area contributed by atoms with Crippen LogP contribution in [0.15, 0.2) is 11.1 Å². The second kappa shape index (κ2) is 7.77. The number of halogens is 4. The van der Waals surface area contributed by atoms with Crippen LogP contribution in [-0.2, 0) is 12.7 Å². The Morgan fingerprint density at radius 2 is 2.04 bits per heavy atom. The summed E-state index contributed by atoms with van der Waals surface area (Å²) in [5, 5.41) is -0.366. The van der Waals surface area contributed by atoms with Crippen molar-refractivity contribution in [2.75, 3.05) is 0 Å². The molecule has 0 fully saturated rings. The van der Waals surface area contributed by atoms with Crippen molar-refractivity contribution in [3.05, 3.63) is 22.5 Å². The summed E-state index contributed by atoms with van der Waals surface area (Å²) < 4.78 is 41.8. The highest BCUT2D eigenvalue weighted by molar-refractivity contribution is 6.35. The van der Waals surface area contributed by atoms with Crippen LogP contribution in [0.3, 0.4) is 0 Å². The summed E-state index contributed by atoms with van der Waals surface area (Å²) in [4.78, 5) is 8.57. The van der Waals surface area contributed by atoms with Gasteiger partial charge in [-0.25, -0.2) is 4.98 Å². The largest absolute Gasteiger partial charge is 0.418 e. The van der Waals surface area contributed by atoms with Gasteiger partial charge in [0.05, 0.1) is 21.6 Å². The summed E-state index contributed by atoms with van der Waals surface area (Å²) in [6.07, 6.45) is -0.204. The molecule has 2 rings (SSSR count). The van der Waals surface area contributed by atoms with Crippen molar-refractivity contribution in [1.82, 2.24) is 9.55 Å². The summed E-state index contributed by atoms with van der Waals surface area (Å²) in [6.45, 7) is 8.52. The van der Waals surface area contributed by atoms with Gasteiger partial charge in [-0.2, -0.15) is 13.2 Å². The van der Waals surface area contributed by atoms with E-state index in [4.69, 9.17) is 11.6 Å². The van der Waals surface area contributed by atoms with Gasteiger partial charge in [-0.05, 0) is 38.7 Å². The Morgan fingerprint density at radius 1 is 1.36 bits per heavy atom. The lowest BCUT2D eigenvalue weighted by molar-refractivity contribution is -0.137. The molecule has 0 aliphatic carbocycles. The highest BCUT2D eigenvalue weighted by Gasteiger charge is 2.36. The van der Waals surface area contributed by atoms with Gasteiger partial charge < -0.3 is 4.57 Å². The number of alkyl halides is 3. The molecule has 1 heterocycles. The second-order valence-corrected chi connectivity index (χ2v) is 6.87. The maximum Gasteiger partial charge on any atom is 0.418 e. The Morgan fingerprint density at radius 3 is 2.60 bits per heavy atom. The van der Waals surface area contributed by atoms with Crippen molar-refractivity contribution in [1.29, 1.82) is 0 Å². The molecule has 1 aromatic carbocycles. The van der Waals surface area contributed by atoms with Gasteiger partial charge in [0.25, 0.3) is 0 Å². The highest BCUT2D eigenvalue weighted by Crippen LogP contribution is 2.44. The van der Waals surface area contributed by atoms with E-state index in [1.807, 2.05) is 11.5 Å². The van der Waals surface area contributed by atoms with Crippen LogP contribution in [0.1, 0.15) is 51.4 Å². The third kappa shape index (κ3) is 4.35. The molecule has 2 aromatic rings. The number of aliphatic imine (C=N–C) groups is 1. The average Bonchev–Trinajstić information content (AvgIpc) is 2.82. The molecule has 7 heteroatoms. The van der Waals surface area contributed by atoms with Crippen LogP contribution in [0.25, 0.3) is 11.0 Å². The Hall–Kier alpha value is -1.56. The molecule has 0 aliphatic rings. The Bertz CT molecular complexity index is 776. The first-order valence-corrected chi connectivity index (χ1v) is 8.83. The van der Waals surface area contributed by atoms with Crippen molar-refractivity contribution in [3.63, 3.8) is 0 Å². The number of aromatic nitrogens is 2. The molecular formula is C18H23ClF3N3. The quantitative estimate of drug-likeness (QED) is 0.416. The van der Waals surface area contributed by atoms with E-state index in [-0.39, 0.29) is 16.2 Å². The maximum absolute atomic E-state index is 13.3. The zero-order valence-corrected chi connectivity index (χ0v) is 15.7. The molecule has 0 saturated heterocycles. The molecule has 138 valence electrons. The number of benzene rings is 1. The van der Waals surface area contributed by atoms with Gasteiger partial charge in [-0.3, -0.25) is 4.99 Å². The van der Waals surface area contributed by atoms with Gasteiger partial charge in [0.15, 0.2) is 0 Å². The minimum Gasteiger partial charge on any atom is -0.327 e. The van der Waals surface area contributed by atoms with Crippen LogP contribution in [-0.4, -0.2) is 15.8 Å². The molecule has 3 nitrogen and oxygen atoms in total. The second-order valence-electron chi connectivity index (χ2n) is 6.49. The van der Waals surface area contributed by atoms with Crippen LogP contribution >= 0.6 is 11.6 Å². The lowest BCUT2D eigenvalue weighted by atomic mass is 10.1. The zero-order chi connectivity index (χ0) is 18.8. The van der Waals surface area contributed by atoms with Crippen molar-refractivity contribution in [2.24, 2.45) is 10.9 Å². The number of imidazole rings is 1. The number of hydrogen-bond donors (Lipinski definition) is 0. The monoisotopic (exact) mass is 373 g/mol. The molecule has 1 aromatic heterocycles. The Labute approximate surface area is 150 Å². The summed E-state index contributed by atoms with van der Waals surface area (Å²) in [7, 11) is 0. The minimum atomic E-state index is -4.54. The normalized spacial score (nSPS) is 12.8. The van der Waals surface area contributed by atoms with Crippen LogP contribution in [0.5, 0.6) is 0 Å². The van der Waals surface area contributed by atoms with Crippen molar-refractivity contribution in [3.8, 4) is 0 Å². The van der Waals surface area contributed by atoms with Crippen LogP contribution in [0.2, 0.25) is 5.02 Å². The van der Waals surface area contributed by atoms with E-state index in [2.05, 4.69) is 23.8 Å². The predicted octanol–water partition coefficient (Wildman–Crippen LogP) is 6.57. The summed E-state index contributed by atoms with van der Waals surface area (Å²) >= 11 is 6.10. The predicted molar refractivity (Wildman–Crippen MR) is 97.0 cm³/mol. The average molecular weight is 374 g/mol. The lowest BCUT2D eigenvalue weighted by Gasteiger charge is -2.13. The highest BCUT2D eigenvalue weighted by atomic mass is 35.5. The molecule has 25 heavy (non-hydrogen) atoms. The molecule has 0 atom stereocenters. The van der Waals surface area contributed by atoms with E-state index >= 15 is 0 Å². The smallest absolute Gasteiger partial charge is 0.327 e. The van der Waals surface area contributed by atoms with Crippen molar-refractivity contribution >= 4 is 34.5 Å². The van der Waals surface area contributed by atoms with Gasteiger partial charge in [0, 0.05) is 12.8 Å².